The van der Waals surface area contributed by atoms with Crippen LogP contribution in [0.1, 0.15) is 20.3 Å². The molecule has 0 bridgehead atoms. The monoisotopic (exact) mass is 305 g/mol. The molecule has 0 unspecified atom stereocenters. The molecule has 1 aromatic carbocycles. The van der Waals surface area contributed by atoms with Crippen LogP contribution in [0, 0.1) is 5.92 Å². The molecule has 0 aliphatic rings. The van der Waals surface area contributed by atoms with Gasteiger partial charge in [0, 0.05) is 5.02 Å². The van der Waals surface area contributed by atoms with E-state index in [2.05, 4.69) is 4.72 Å². The first-order valence-corrected chi connectivity index (χ1v) is 7.64. The van der Waals surface area contributed by atoms with Crippen LogP contribution in [0.3, 0.4) is 0 Å². The van der Waals surface area contributed by atoms with E-state index in [9.17, 15) is 13.2 Å². The van der Waals surface area contributed by atoms with E-state index in [1.54, 1.807) is 13.8 Å². The summed E-state index contributed by atoms with van der Waals surface area (Å²) in [6.07, 6.45) is 0.556. The van der Waals surface area contributed by atoms with Gasteiger partial charge in [-0.05, 0) is 30.2 Å². The maximum atomic E-state index is 12.1. The first-order valence-electron chi connectivity index (χ1n) is 5.78. The molecule has 1 aromatic rings. The van der Waals surface area contributed by atoms with Crippen LogP contribution < -0.4 is 4.72 Å². The van der Waals surface area contributed by atoms with Crippen LogP contribution in [0.2, 0.25) is 5.02 Å². The molecule has 2 N–H and O–H groups in total. The highest BCUT2D eigenvalue weighted by atomic mass is 35.5. The lowest BCUT2D eigenvalue weighted by atomic mass is 10.0. The van der Waals surface area contributed by atoms with Crippen molar-refractivity contribution >= 4 is 27.6 Å². The SMILES string of the molecule is CC[C@H](C)[C@@H](NS(=O)(=O)c1ccc(Cl)cc1)C(=O)O. The van der Waals surface area contributed by atoms with Crippen LogP contribution >= 0.6 is 11.6 Å². The van der Waals surface area contributed by atoms with E-state index in [0.29, 0.717) is 11.4 Å². The van der Waals surface area contributed by atoms with Crippen molar-refractivity contribution in [2.24, 2.45) is 5.92 Å². The number of hydrogen-bond donors (Lipinski definition) is 2. The molecule has 0 saturated carbocycles. The van der Waals surface area contributed by atoms with Crippen molar-refractivity contribution in [2.45, 2.75) is 31.2 Å². The van der Waals surface area contributed by atoms with Crippen LogP contribution in [0.25, 0.3) is 0 Å². The van der Waals surface area contributed by atoms with Crippen LogP contribution in [-0.4, -0.2) is 25.5 Å². The number of sulfonamides is 1. The molecule has 106 valence electrons. The molecule has 0 spiro atoms. The van der Waals surface area contributed by atoms with Crippen molar-refractivity contribution in [1.29, 1.82) is 0 Å². The van der Waals surface area contributed by atoms with E-state index < -0.39 is 22.0 Å². The lowest BCUT2D eigenvalue weighted by Gasteiger charge is -2.20. The second-order valence-corrected chi connectivity index (χ2v) is 6.43. The topological polar surface area (TPSA) is 83.5 Å². The molecule has 0 aliphatic carbocycles. The molecule has 19 heavy (non-hydrogen) atoms. The van der Waals surface area contributed by atoms with Crippen LogP contribution in [0.15, 0.2) is 29.2 Å². The Morgan fingerprint density at radius 2 is 1.89 bits per heavy atom. The third-order valence-corrected chi connectivity index (χ3v) is 4.59. The smallest absolute Gasteiger partial charge is 0.322 e. The number of carboxylic acids is 1. The molecule has 0 amide bonds. The van der Waals surface area contributed by atoms with Gasteiger partial charge in [-0.3, -0.25) is 4.79 Å². The van der Waals surface area contributed by atoms with Gasteiger partial charge in [0.15, 0.2) is 0 Å². The highest BCUT2D eigenvalue weighted by molar-refractivity contribution is 7.89. The standard InChI is InChI=1S/C12H16ClNO4S/c1-3-8(2)11(12(15)16)14-19(17,18)10-6-4-9(13)5-7-10/h4-8,11,14H,3H2,1-2H3,(H,15,16)/t8-,11+/m0/s1. The molecule has 1 rings (SSSR count). The lowest BCUT2D eigenvalue weighted by molar-refractivity contribution is -0.140. The highest BCUT2D eigenvalue weighted by Gasteiger charge is 2.29. The summed E-state index contributed by atoms with van der Waals surface area (Å²) >= 11 is 5.68. The number of carbonyl (C=O) groups is 1. The summed E-state index contributed by atoms with van der Waals surface area (Å²) in [5.41, 5.74) is 0. The van der Waals surface area contributed by atoms with Gasteiger partial charge in [-0.1, -0.05) is 31.9 Å². The molecule has 0 heterocycles. The quantitative estimate of drug-likeness (QED) is 0.843. The first-order chi connectivity index (χ1) is 8.77. The summed E-state index contributed by atoms with van der Waals surface area (Å²) in [6, 6.07) is 4.40. The minimum Gasteiger partial charge on any atom is -0.480 e. The van der Waals surface area contributed by atoms with Gasteiger partial charge >= 0.3 is 5.97 Å². The number of rotatable bonds is 6. The van der Waals surface area contributed by atoms with Gasteiger partial charge in [-0.25, -0.2) is 8.42 Å². The Hall–Kier alpha value is -1.11. The van der Waals surface area contributed by atoms with E-state index in [1.807, 2.05) is 0 Å². The van der Waals surface area contributed by atoms with Crippen molar-refractivity contribution in [3.63, 3.8) is 0 Å². The van der Waals surface area contributed by atoms with Crippen molar-refractivity contribution in [2.75, 3.05) is 0 Å². The Morgan fingerprint density at radius 1 is 1.37 bits per heavy atom. The summed E-state index contributed by atoms with van der Waals surface area (Å²) in [7, 11) is -3.87. The van der Waals surface area contributed by atoms with E-state index in [4.69, 9.17) is 16.7 Å². The summed E-state index contributed by atoms with van der Waals surface area (Å²) in [5.74, 6) is -1.49. The second-order valence-electron chi connectivity index (χ2n) is 4.28. The van der Waals surface area contributed by atoms with Gasteiger partial charge in [0.1, 0.15) is 6.04 Å². The van der Waals surface area contributed by atoms with Gasteiger partial charge in [-0.15, -0.1) is 0 Å². The zero-order chi connectivity index (χ0) is 14.6. The molecule has 0 fully saturated rings. The molecule has 0 saturated heterocycles. The first kappa shape index (κ1) is 15.9. The molecule has 5 nitrogen and oxygen atoms in total. The van der Waals surface area contributed by atoms with E-state index in [-0.39, 0.29) is 10.8 Å². The highest BCUT2D eigenvalue weighted by Crippen LogP contribution is 2.16. The molecule has 0 aromatic heterocycles. The molecular formula is C12H16ClNO4S. The summed E-state index contributed by atoms with van der Waals surface area (Å²) < 4.78 is 26.3. The van der Waals surface area contributed by atoms with Gasteiger partial charge in [0.25, 0.3) is 0 Å². The van der Waals surface area contributed by atoms with Crippen LogP contribution in [0.5, 0.6) is 0 Å². The predicted molar refractivity (Wildman–Crippen MR) is 72.7 cm³/mol. The molecule has 0 aliphatic heterocycles. The maximum Gasteiger partial charge on any atom is 0.322 e. The summed E-state index contributed by atoms with van der Waals surface area (Å²) in [5, 5.41) is 9.49. The normalized spacial score (nSPS) is 14.9. The fourth-order valence-electron chi connectivity index (χ4n) is 1.49. The van der Waals surface area contributed by atoms with Crippen molar-refractivity contribution in [3.05, 3.63) is 29.3 Å². The Balaban J connectivity index is 3.00. The van der Waals surface area contributed by atoms with Gasteiger partial charge in [0.05, 0.1) is 4.90 Å². The fourth-order valence-corrected chi connectivity index (χ4v) is 2.92. The lowest BCUT2D eigenvalue weighted by Crippen LogP contribution is -2.44. The largest absolute Gasteiger partial charge is 0.480 e. The average Bonchev–Trinajstić information content (AvgIpc) is 2.35. The number of nitrogens with one attached hydrogen (secondary N) is 1. The van der Waals surface area contributed by atoms with Crippen molar-refractivity contribution in [3.8, 4) is 0 Å². The van der Waals surface area contributed by atoms with Gasteiger partial charge in [0.2, 0.25) is 10.0 Å². The number of aliphatic carboxylic acids is 1. The number of benzene rings is 1. The predicted octanol–water partition coefficient (Wildman–Crippen LogP) is 2.12. The zero-order valence-electron chi connectivity index (χ0n) is 10.6. The number of hydrogen-bond acceptors (Lipinski definition) is 3. The molecule has 2 atom stereocenters. The Kier molecular flexibility index (Phi) is 5.34. The van der Waals surface area contributed by atoms with E-state index >= 15 is 0 Å². The van der Waals surface area contributed by atoms with E-state index in [0.717, 1.165) is 0 Å². The molecule has 7 heteroatoms. The number of halogens is 1. The minimum absolute atomic E-state index is 0.00791. The Labute approximate surface area is 117 Å². The summed E-state index contributed by atoms with van der Waals surface area (Å²) in [4.78, 5) is 11.1. The zero-order valence-corrected chi connectivity index (χ0v) is 12.2. The Morgan fingerprint density at radius 3 is 2.32 bits per heavy atom. The Bertz CT molecular complexity index is 541. The average molecular weight is 306 g/mol. The third kappa shape index (κ3) is 4.19. The molecule has 0 radical (unpaired) electrons. The second kappa shape index (κ2) is 6.36. The minimum atomic E-state index is -3.87. The number of carboxylic acid groups (broad SMARTS) is 1. The summed E-state index contributed by atoms with van der Waals surface area (Å²) in [6.45, 7) is 3.49. The van der Waals surface area contributed by atoms with Gasteiger partial charge < -0.3 is 5.11 Å². The van der Waals surface area contributed by atoms with Gasteiger partial charge in [-0.2, -0.15) is 4.72 Å². The molecular weight excluding hydrogens is 290 g/mol. The fraction of sp³-hybridized carbons (Fsp3) is 0.417. The maximum absolute atomic E-state index is 12.1. The van der Waals surface area contributed by atoms with Crippen LogP contribution in [-0.2, 0) is 14.8 Å². The van der Waals surface area contributed by atoms with Crippen molar-refractivity contribution in [1.82, 2.24) is 4.72 Å². The third-order valence-electron chi connectivity index (χ3n) is 2.89. The van der Waals surface area contributed by atoms with Crippen molar-refractivity contribution < 1.29 is 18.3 Å². The van der Waals surface area contributed by atoms with Crippen LogP contribution in [0.4, 0.5) is 0 Å². The van der Waals surface area contributed by atoms with E-state index in [1.165, 1.54) is 24.3 Å².